The third-order valence-corrected chi connectivity index (χ3v) is 2.69. The van der Waals surface area contributed by atoms with E-state index in [4.69, 9.17) is 19.5 Å². The van der Waals surface area contributed by atoms with Gasteiger partial charge in [-0.3, -0.25) is 0 Å². The zero-order valence-corrected chi connectivity index (χ0v) is 9.81. The first kappa shape index (κ1) is 11.7. The maximum atomic E-state index is 8.64. The zero-order chi connectivity index (χ0) is 12.1. The van der Waals surface area contributed by atoms with E-state index in [-0.39, 0.29) is 6.10 Å². The molecule has 1 aliphatic heterocycles. The molecule has 0 saturated carbocycles. The highest BCUT2D eigenvalue weighted by Gasteiger charge is 2.19. The van der Waals surface area contributed by atoms with Gasteiger partial charge in [0.25, 0.3) is 0 Å². The van der Waals surface area contributed by atoms with Gasteiger partial charge in [0.1, 0.15) is 6.10 Å². The molecule has 1 atom stereocenters. The fourth-order valence-electron chi connectivity index (χ4n) is 1.80. The van der Waals surface area contributed by atoms with Gasteiger partial charge in [-0.1, -0.05) is 6.07 Å². The molecular weight excluding hydrogens is 218 g/mol. The van der Waals surface area contributed by atoms with Gasteiger partial charge >= 0.3 is 0 Å². The summed E-state index contributed by atoms with van der Waals surface area (Å²) in [6.45, 7) is 1.38. The highest BCUT2D eigenvalue weighted by Crippen LogP contribution is 2.30. The Morgan fingerprint density at radius 1 is 1.47 bits per heavy atom. The van der Waals surface area contributed by atoms with Crippen LogP contribution in [-0.4, -0.2) is 26.4 Å². The Labute approximate surface area is 101 Å². The van der Waals surface area contributed by atoms with Crippen LogP contribution in [-0.2, 0) is 11.2 Å². The van der Waals surface area contributed by atoms with E-state index in [0.29, 0.717) is 24.5 Å². The van der Waals surface area contributed by atoms with E-state index in [1.54, 1.807) is 7.11 Å². The fourth-order valence-corrected chi connectivity index (χ4v) is 1.80. The number of benzene rings is 1. The Balaban J connectivity index is 2.12. The van der Waals surface area contributed by atoms with Crippen molar-refractivity contribution in [3.63, 3.8) is 0 Å². The van der Waals surface area contributed by atoms with Gasteiger partial charge < -0.3 is 14.2 Å². The lowest BCUT2D eigenvalue weighted by atomic mass is 10.1. The first-order valence-electron chi connectivity index (χ1n) is 5.61. The van der Waals surface area contributed by atoms with E-state index in [9.17, 15) is 0 Å². The average molecular weight is 233 g/mol. The van der Waals surface area contributed by atoms with Crippen LogP contribution in [0, 0.1) is 11.3 Å². The molecule has 1 fully saturated rings. The summed E-state index contributed by atoms with van der Waals surface area (Å²) in [7, 11) is 1.60. The molecule has 1 heterocycles. The molecule has 90 valence electrons. The number of methoxy groups -OCH3 is 1. The van der Waals surface area contributed by atoms with E-state index >= 15 is 0 Å². The first-order valence-corrected chi connectivity index (χ1v) is 5.61. The van der Waals surface area contributed by atoms with Crippen LogP contribution in [0.25, 0.3) is 0 Å². The molecule has 0 N–H and O–H groups in total. The maximum Gasteiger partial charge on any atom is 0.161 e. The summed E-state index contributed by atoms with van der Waals surface area (Å²) in [5.74, 6) is 1.38. The van der Waals surface area contributed by atoms with Crippen LogP contribution >= 0.6 is 0 Å². The van der Waals surface area contributed by atoms with E-state index in [1.165, 1.54) is 0 Å². The third-order valence-electron chi connectivity index (χ3n) is 2.69. The second kappa shape index (κ2) is 5.55. The molecule has 1 saturated heterocycles. The minimum Gasteiger partial charge on any atom is -0.493 e. The highest BCUT2D eigenvalue weighted by molar-refractivity contribution is 5.43. The number of hydrogen-bond acceptors (Lipinski definition) is 4. The number of nitrogens with zero attached hydrogens (tertiary/aromatic N) is 1. The van der Waals surface area contributed by atoms with Crippen LogP contribution in [0.1, 0.15) is 12.0 Å². The molecule has 1 unspecified atom stereocenters. The monoisotopic (exact) mass is 233 g/mol. The predicted molar refractivity (Wildman–Crippen MR) is 62.2 cm³/mol. The standard InChI is InChI=1S/C13H15NO3/c1-15-13-8-10(4-6-14)2-3-12(13)17-11-5-7-16-9-11/h2-3,8,11H,4-5,7,9H2,1H3. The molecule has 0 radical (unpaired) electrons. The highest BCUT2D eigenvalue weighted by atomic mass is 16.6. The molecular formula is C13H15NO3. The minimum atomic E-state index is 0.103. The molecule has 17 heavy (non-hydrogen) atoms. The summed E-state index contributed by atoms with van der Waals surface area (Å²) in [4.78, 5) is 0. The molecule has 4 heteroatoms. The average Bonchev–Trinajstić information content (AvgIpc) is 2.84. The maximum absolute atomic E-state index is 8.64. The minimum absolute atomic E-state index is 0.103. The Morgan fingerprint density at radius 3 is 3.00 bits per heavy atom. The second-order valence-corrected chi connectivity index (χ2v) is 3.92. The van der Waals surface area contributed by atoms with Crippen LogP contribution in [0.2, 0.25) is 0 Å². The predicted octanol–water partition coefficient (Wildman–Crippen LogP) is 1.93. The number of hydrogen-bond donors (Lipinski definition) is 0. The molecule has 0 aromatic heterocycles. The first-order chi connectivity index (χ1) is 8.33. The van der Waals surface area contributed by atoms with Gasteiger partial charge in [0.05, 0.1) is 32.8 Å². The second-order valence-electron chi connectivity index (χ2n) is 3.92. The van der Waals surface area contributed by atoms with Crippen molar-refractivity contribution in [2.45, 2.75) is 18.9 Å². The molecule has 1 aromatic rings. The van der Waals surface area contributed by atoms with Crippen LogP contribution in [0.15, 0.2) is 18.2 Å². The smallest absolute Gasteiger partial charge is 0.161 e. The van der Waals surface area contributed by atoms with Crippen molar-refractivity contribution in [1.29, 1.82) is 5.26 Å². The van der Waals surface area contributed by atoms with Gasteiger partial charge in [-0.15, -0.1) is 0 Å². The van der Waals surface area contributed by atoms with Crippen molar-refractivity contribution < 1.29 is 14.2 Å². The van der Waals surface area contributed by atoms with Gasteiger partial charge in [-0.2, -0.15) is 5.26 Å². The Hall–Kier alpha value is -1.73. The van der Waals surface area contributed by atoms with Crippen LogP contribution in [0.4, 0.5) is 0 Å². The lowest BCUT2D eigenvalue weighted by Gasteiger charge is -2.15. The Kier molecular flexibility index (Phi) is 3.84. The summed E-state index contributed by atoms with van der Waals surface area (Å²) in [6.07, 6.45) is 1.39. The van der Waals surface area contributed by atoms with Gasteiger partial charge in [0.2, 0.25) is 0 Å². The quantitative estimate of drug-likeness (QED) is 0.797. The number of ether oxygens (including phenoxy) is 3. The van der Waals surface area contributed by atoms with Gasteiger partial charge in [0, 0.05) is 6.42 Å². The van der Waals surface area contributed by atoms with E-state index in [0.717, 1.165) is 18.6 Å². The van der Waals surface area contributed by atoms with Crippen molar-refractivity contribution in [2.75, 3.05) is 20.3 Å². The molecule has 2 rings (SSSR count). The summed E-state index contributed by atoms with van der Waals surface area (Å²) in [5, 5.41) is 8.64. The van der Waals surface area contributed by atoms with Crippen molar-refractivity contribution in [3.05, 3.63) is 23.8 Å². The molecule has 4 nitrogen and oxygen atoms in total. The van der Waals surface area contributed by atoms with E-state index in [2.05, 4.69) is 6.07 Å². The lowest BCUT2D eigenvalue weighted by Crippen LogP contribution is -2.16. The molecule has 0 amide bonds. The van der Waals surface area contributed by atoms with E-state index < -0.39 is 0 Å². The summed E-state index contributed by atoms with van der Waals surface area (Å²) >= 11 is 0. The normalized spacial score (nSPS) is 18.7. The van der Waals surface area contributed by atoms with Gasteiger partial charge in [0.15, 0.2) is 11.5 Å². The van der Waals surface area contributed by atoms with E-state index in [1.807, 2.05) is 18.2 Å². The van der Waals surface area contributed by atoms with Gasteiger partial charge in [-0.25, -0.2) is 0 Å². The summed E-state index contributed by atoms with van der Waals surface area (Å²) in [5.41, 5.74) is 0.930. The zero-order valence-electron chi connectivity index (χ0n) is 9.81. The Bertz CT molecular complexity index is 419. The number of nitriles is 1. The fraction of sp³-hybridized carbons (Fsp3) is 0.462. The summed E-state index contributed by atoms with van der Waals surface area (Å²) < 4.78 is 16.3. The van der Waals surface area contributed by atoms with Crippen molar-refractivity contribution in [1.82, 2.24) is 0 Å². The largest absolute Gasteiger partial charge is 0.493 e. The molecule has 1 aliphatic rings. The SMILES string of the molecule is COc1cc(CC#N)ccc1OC1CCOC1. The Morgan fingerprint density at radius 2 is 2.35 bits per heavy atom. The van der Waals surface area contributed by atoms with Gasteiger partial charge in [-0.05, 0) is 17.7 Å². The van der Waals surface area contributed by atoms with Crippen LogP contribution < -0.4 is 9.47 Å². The third kappa shape index (κ3) is 2.89. The molecule has 0 bridgehead atoms. The van der Waals surface area contributed by atoms with Crippen molar-refractivity contribution in [3.8, 4) is 17.6 Å². The lowest BCUT2D eigenvalue weighted by molar-refractivity contribution is 0.138. The van der Waals surface area contributed by atoms with Crippen LogP contribution in [0.5, 0.6) is 11.5 Å². The summed E-state index contributed by atoms with van der Waals surface area (Å²) in [6, 6.07) is 7.69. The molecule has 0 aliphatic carbocycles. The van der Waals surface area contributed by atoms with Crippen molar-refractivity contribution >= 4 is 0 Å². The molecule has 1 aromatic carbocycles. The van der Waals surface area contributed by atoms with Crippen LogP contribution in [0.3, 0.4) is 0 Å². The molecule has 0 spiro atoms. The topological polar surface area (TPSA) is 51.5 Å². The number of rotatable bonds is 4. The van der Waals surface area contributed by atoms with Crippen molar-refractivity contribution in [2.24, 2.45) is 0 Å².